The van der Waals surface area contributed by atoms with E-state index in [1.54, 1.807) is 0 Å². The molecule has 1 aromatic rings. The van der Waals surface area contributed by atoms with Crippen LogP contribution in [0.25, 0.3) is 0 Å². The summed E-state index contributed by atoms with van der Waals surface area (Å²) in [5, 5.41) is 0. The molecule has 1 radical (unpaired) electrons. The SMILES string of the molecule is ClCCCCc1[c]cccc1. The zero-order valence-electron chi connectivity index (χ0n) is 6.52. The van der Waals surface area contributed by atoms with Gasteiger partial charge in [0.2, 0.25) is 0 Å². The van der Waals surface area contributed by atoms with Crippen LogP contribution in [0.5, 0.6) is 0 Å². The third-order valence-electron chi connectivity index (χ3n) is 1.60. The Morgan fingerprint density at radius 1 is 1.27 bits per heavy atom. The van der Waals surface area contributed by atoms with Crippen molar-refractivity contribution >= 4 is 11.6 Å². The first-order valence-corrected chi connectivity index (χ1v) is 4.48. The van der Waals surface area contributed by atoms with Crippen molar-refractivity contribution in [2.75, 3.05) is 5.88 Å². The molecule has 0 spiro atoms. The van der Waals surface area contributed by atoms with Gasteiger partial charge in [-0.25, -0.2) is 0 Å². The summed E-state index contributed by atoms with van der Waals surface area (Å²) >= 11 is 5.56. The third-order valence-corrected chi connectivity index (χ3v) is 1.87. The maximum absolute atomic E-state index is 5.56. The first-order chi connectivity index (χ1) is 5.43. The minimum atomic E-state index is 0.771. The molecule has 0 N–H and O–H groups in total. The number of rotatable bonds is 4. The molecule has 0 saturated heterocycles. The molecule has 0 aromatic heterocycles. The minimum absolute atomic E-state index is 0.771. The van der Waals surface area contributed by atoms with E-state index in [-0.39, 0.29) is 0 Å². The molecule has 1 heteroatoms. The highest BCUT2D eigenvalue weighted by Gasteiger charge is 1.90. The normalized spacial score (nSPS) is 9.91. The van der Waals surface area contributed by atoms with Crippen molar-refractivity contribution in [2.24, 2.45) is 0 Å². The van der Waals surface area contributed by atoms with Crippen molar-refractivity contribution in [2.45, 2.75) is 19.3 Å². The molecule has 0 heterocycles. The highest BCUT2D eigenvalue weighted by molar-refractivity contribution is 6.17. The van der Waals surface area contributed by atoms with Crippen LogP contribution in [0.1, 0.15) is 18.4 Å². The number of hydrogen-bond donors (Lipinski definition) is 0. The fourth-order valence-corrected chi connectivity index (χ4v) is 1.18. The van der Waals surface area contributed by atoms with E-state index >= 15 is 0 Å². The van der Waals surface area contributed by atoms with Gasteiger partial charge < -0.3 is 0 Å². The number of aryl methyl sites for hydroxylation is 1. The highest BCUT2D eigenvalue weighted by atomic mass is 35.5. The number of unbranched alkanes of at least 4 members (excludes halogenated alkanes) is 1. The van der Waals surface area contributed by atoms with Crippen molar-refractivity contribution in [1.82, 2.24) is 0 Å². The van der Waals surface area contributed by atoms with Gasteiger partial charge in [-0.2, -0.15) is 0 Å². The van der Waals surface area contributed by atoms with E-state index in [0.717, 1.165) is 18.7 Å². The summed E-state index contributed by atoms with van der Waals surface area (Å²) in [5.41, 5.74) is 1.29. The van der Waals surface area contributed by atoms with Crippen LogP contribution in [0.15, 0.2) is 24.3 Å². The van der Waals surface area contributed by atoms with Crippen LogP contribution >= 0.6 is 11.6 Å². The van der Waals surface area contributed by atoms with Gasteiger partial charge in [0.15, 0.2) is 0 Å². The smallest absolute Gasteiger partial charge is 0.0223 e. The number of benzene rings is 1. The molecule has 1 aromatic carbocycles. The summed E-state index contributed by atoms with van der Waals surface area (Å²) in [5.74, 6) is 0.771. The molecular weight excluding hydrogens is 156 g/mol. The predicted molar refractivity (Wildman–Crippen MR) is 48.9 cm³/mol. The molecule has 0 unspecified atom stereocenters. The number of alkyl halides is 1. The van der Waals surface area contributed by atoms with Gasteiger partial charge >= 0.3 is 0 Å². The van der Waals surface area contributed by atoms with Crippen molar-refractivity contribution in [3.63, 3.8) is 0 Å². The van der Waals surface area contributed by atoms with Crippen LogP contribution in [0, 0.1) is 6.07 Å². The summed E-state index contributed by atoms with van der Waals surface area (Å²) < 4.78 is 0. The van der Waals surface area contributed by atoms with Crippen LogP contribution in [-0.4, -0.2) is 5.88 Å². The minimum Gasteiger partial charge on any atom is -0.127 e. The molecule has 0 atom stereocenters. The van der Waals surface area contributed by atoms with Crippen LogP contribution < -0.4 is 0 Å². The Labute approximate surface area is 73.2 Å². The Morgan fingerprint density at radius 2 is 2.18 bits per heavy atom. The number of hydrogen-bond acceptors (Lipinski definition) is 0. The largest absolute Gasteiger partial charge is 0.127 e. The second-order valence-electron chi connectivity index (χ2n) is 2.53. The quantitative estimate of drug-likeness (QED) is 0.478. The Kier molecular flexibility index (Phi) is 4.07. The molecule has 11 heavy (non-hydrogen) atoms. The third kappa shape index (κ3) is 3.43. The summed E-state index contributed by atoms with van der Waals surface area (Å²) in [6, 6.07) is 11.3. The molecule has 1 rings (SSSR count). The van der Waals surface area contributed by atoms with E-state index in [4.69, 9.17) is 11.6 Å². The second-order valence-corrected chi connectivity index (χ2v) is 2.91. The summed E-state index contributed by atoms with van der Waals surface area (Å²) in [4.78, 5) is 0. The van der Waals surface area contributed by atoms with E-state index in [1.165, 1.54) is 12.0 Å². The lowest BCUT2D eigenvalue weighted by Gasteiger charge is -1.97. The van der Waals surface area contributed by atoms with E-state index in [1.807, 2.05) is 18.2 Å². The topological polar surface area (TPSA) is 0 Å². The van der Waals surface area contributed by atoms with Crippen molar-refractivity contribution in [1.29, 1.82) is 0 Å². The van der Waals surface area contributed by atoms with E-state index in [2.05, 4.69) is 12.1 Å². The zero-order chi connectivity index (χ0) is 7.94. The zero-order valence-corrected chi connectivity index (χ0v) is 7.27. The Bertz CT molecular complexity index is 181. The van der Waals surface area contributed by atoms with Crippen molar-refractivity contribution < 1.29 is 0 Å². The molecule has 0 aliphatic heterocycles. The first-order valence-electron chi connectivity index (χ1n) is 3.95. The standard InChI is InChI=1S/C10H12Cl/c11-9-5-4-8-10-6-2-1-3-7-10/h1-3,6H,4-5,8-9H2. The van der Waals surface area contributed by atoms with Crippen LogP contribution in [0.4, 0.5) is 0 Å². The molecule has 0 aliphatic carbocycles. The molecule has 0 fully saturated rings. The van der Waals surface area contributed by atoms with E-state index in [0.29, 0.717) is 0 Å². The fraction of sp³-hybridized carbons (Fsp3) is 0.400. The first kappa shape index (κ1) is 8.61. The van der Waals surface area contributed by atoms with Crippen LogP contribution in [0.2, 0.25) is 0 Å². The van der Waals surface area contributed by atoms with Gasteiger partial charge in [-0.05, 0) is 30.9 Å². The maximum atomic E-state index is 5.56. The average Bonchev–Trinajstić information content (AvgIpc) is 2.07. The second kappa shape index (κ2) is 5.20. The summed E-state index contributed by atoms with van der Waals surface area (Å²) in [7, 11) is 0. The lowest BCUT2D eigenvalue weighted by Crippen LogP contribution is -1.85. The van der Waals surface area contributed by atoms with Crippen molar-refractivity contribution in [3.05, 3.63) is 35.9 Å². The molecule has 0 bridgehead atoms. The van der Waals surface area contributed by atoms with Crippen LogP contribution in [-0.2, 0) is 6.42 Å². The fourth-order valence-electron chi connectivity index (χ4n) is 0.996. The molecule has 0 aliphatic rings. The average molecular weight is 168 g/mol. The lowest BCUT2D eigenvalue weighted by molar-refractivity contribution is 0.799. The summed E-state index contributed by atoms with van der Waals surface area (Å²) in [6.07, 6.45) is 3.38. The van der Waals surface area contributed by atoms with Gasteiger partial charge in [-0.15, -0.1) is 11.6 Å². The van der Waals surface area contributed by atoms with Crippen LogP contribution in [0.3, 0.4) is 0 Å². The van der Waals surface area contributed by atoms with E-state index in [9.17, 15) is 0 Å². The van der Waals surface area contributed by atoms with Gasteiger partial charge in [0.05, 0.1) is 0 Å². The predicted octanol–water partition coefficient (Wildman–Crippen LogP) is 3.05. The maximum Gasteiger partial charge on any atom is 0.0223 e. The Balaban J connectivity index is 2.28. The van der Waals surface area contributed by atoms with E-state index < -0.39 is 0 Å². The lowest BCUT2D eigenvalue weighted by atomic mass is 10.1. The molecule has 0 saturated carbocycles. The highest BCUT2D eigenvalue weighted by Crippen LogP contribution is 2.03. The Morgan fingerprint density at radius 3 is 2.82 bits per heavy atom. The van der Waals surface area contributed by atoms with Gasteiger partial charge in [0.25, 0.3) is 0 Å². The molecule has 59 valence electrons. The van der Waals surface area contributed by atoms with Gasteiger partial charge in [0.1, 0.15) is 0 Å². The molecule has 0 amide bonds. The van der Waals surface area contributed by atoms with Gasteiger partial charge in [-0.3, -0.25) is 0 Å². The molecule has 0 nitrogen and oxygen atoms in total. The number of halogens is 1. The van der Waals surface area contributed by atoms with Gasteiger partial charge in [0, 0.05) is 5.88 Å². The van der Waals surface area contributed by atoms with Gasteiger partial charge in [-0.1, -0.05) is 24.3 Å². The molecular formula is C10H12Cl. The monoisotopic (exact) mass is 167 g/mol. The Hall–Kier alpha value is -0.490. The summed E-state index contributed by atoms with van der Waals surface area (Å²) in [6.45, 7) is 0. The van der Waals surface area contributed by atoms with Crippen molar-refractivity contribution in [3.8, 4) is 0 Å².